The number of allylic oxidation sites excluding steroid dienone is 1. The van der Waals surface area contributed by atoms with E-state index in [2.05, 4.69) is 71.5 Å². The maximum absolute atomic E-state index is 12.9. The minimum Gasteiger partial charge on any atom is -0.491 e. The number of ether oxygens (including phenoxy) is 2. The number of aromatic nitrogens is 1. The topological polar surface area (TPSA) is 69.6 Å². The number of esters is 1. The molecule has 1 heterocycles. The van der Waals surface area contributed by atoms with Crippen LogP contribution in [-0.4, -0.2) is 29.7 Å². The third-order valence-electron chi connectivity index (χ3n) is 6.66. The molecule has 39 heavy (non-hydrogen) atoms. The van der Waals surface area contributed by atoms with Crippen LogP contribution in [0.1, 0.15) is 57.2 Å². The molecule has 0 fully saturated rings. The number of nitrogens with zero attached hydrogens (tertiary/aromatic N) is 1. The molecule has 202 valence electrons. The molecule has 6 heteroatoms. The molecule has 1 amide bonds. The van der Waals surface area contributed by atoms with E-state index < -0.39 is 0 Å². The first kappa shape index (κ1) is 27.7. The molecule has 1 unspecified atom stereocenters. The number of carbonyl (C=O) groups excluding carboxylic acids is 2. The van der Waals surface area contributed by atoms with Crippen molar-refractivity contribution in [2.45, 2.75) is 46.1 Å². The second kappa shape index (κ2) is 13.5. The highest BCUT2D eigenvalue weighted by Gasteiger charge is 2.14. The summed E-state index contributed by atoms with van der Waals surface area (Å²) in [5.41, 5.74) is 4.90. The molecule has 1 N–H and O–H groups in total. The molecule has 3 aromatic carbocycles. The summed E-state index contributed by atoms with van der Waals surface area (Å²) in [6.07, 6.45) is 5.57. The van der Waals surface area contributed by atoms with Crippen molar-refractivity contribution in [1.29, 1.82) is 0 Å². The van der Waals surface area contributed by atoms with Gasteiger partial charge in [0.05, 0.1) is 24.9 Å². The van der Waals surface area contributed by atoms with Crippen LogP contribution in [0.3, 0.4) is 0 Å². The molecule has 0 radical (unpaired) electrons. The van der Waals surface area contributed by atoms with Crippen molar-refractivity contribution in [3.05, 3.63) is 102 Å². The average Bonchev–Trinajstić information content (AvgIpc) is 3.36. The van der Waals surface area contributed by atoms with E-state index in [0.29, 0.717) is 37.5 Å². The number of nitrogens with one attached hydrogen (secondary N) is 1. The Morgan fingerprint density at radius 3 is 2.51 bits per heavy atom. The number of rotatable bonds is 12. The quantitative estimate of drug-likeness (QED) is 0.119. The van der Waals surface area contributed by atoms with Crippen molar-refractivity contribution in [3.8, 4) is 5.75 Å². The van der Waals surface area contributed by atoms with Gasteiger partial charge in [-0.3, -0.25) is 9.59 Å². The standard InChI is InChI=1S/C33H36N2O4/c1-4-29(25-12-7-6-8-13-25)35-20-19-27-23-26(17-18-30(27)35)24(3)22-32(36)34-28-14-9-10-15-31(28)39-21-11-16-33(37)38-5-2/h6-10,12-15,17-20,22-23,29H,4-5,11,16,21H2,1-3H3,(H,34,36)/b24-22+. The van der Waals surface area contributed by atoms with Gasteiger partial charge in [-0.1, -0.05) is 55.5 Å². The van der Waals surface area contributed by atoms with Gasteiger partial charge in [0, 0.05) is 29.6 Å². The summed E-state index contributed by atoms with van der Waals surface area (Å²) in [4.78, 5) is 24.4. The Hall–Kier alpha value is -4.32. The van der Waals surface area contributed by atoms with Gasteiger partial charge in [-0.2, -0.15) is 0 Å². The van der Waals surface area contributed by atoms with Crippen molar-refractivity contribution in [1.82, 2.24) is 4.57 Å². The molecular formula is C33H36N2O4. The molecule has 1 aromatic heterocycles. The Balaban J connectivity index is 1.43. The normalized spacial score (nSPS) is 12.2. The highest BCUT2D eigenvalue weighted by atomic mass is 16.5. The van der Waals surface area contributed by atoms with Crippen LogP contribution >= 0.6 is 0 Å². The monoisotopic (exact) mass is 524 g/mol. The van der Waals surface area contributed by atoms with Crippen LogP contribution in [0.5, 0.6) is 5.75 Å². The van der Waals surface area contributed by atoms with Gasteiger partial charge in [0.15, 0.2) is 0 Å². The largest absolute Gasteiger partial charge is 0.491 e. The third kappa shape index (κ3) is 7.17. The Labute approximate surface area is 230 Å². The maximum Gasteiger partial charge on any atom is 0.305 e. The molecule has 4 aromatic rings. The summed E-state index contributed by atoms with van der Waals surface area (Å²) < 4.78 is 13.1. The van der Waals surface area contributed by atoms with Gasteiger partial charge in [0.25, 0.3) is 0 Å². The molecular weight excluding hydrogens is 488 g/mol. The summed E-state index contributed by atoms with van der Waals surface area (Å²) in [6.45, 7) is 6.65. The lowest BCUT2D eigenvalue weighted by atomic mass is 10.0. The number of hydrogen-bond acceptors (Lipinski definition) is 4. The van der Waals surface area contributed by atoms with E-state index >= 15 is 0 Å². The fourth-order valence-electron chi connectivity index (χ4n) is 4.73. The third-order valence-corrected chi connectivity index (χ3v) is 6.66. The molecule has 0 aliphatic carbocycles. The van der Waals surface area contributed by atoms with Gasteiger partial charge in [-0.25, -0.2) is 0 Å². The summed E-state index contributed by atoms with van der Waals surface area (Å²) in [5, 5.41) is 4.06. The van der Waals surface area contributed by atoms with Gasteiger partial charge >= 0.3 is 5.97 Å². The number of hydrogen-bond donors (Lipinski definition) is 1. The smallest absolute Gasteiger partial charge is 0.305 e. The lowest BCUT2D eigenvalue weighted by Gasteiger charge is -2.19. The highest BCUT2D eigenvalue weighted by molar-refractivity contribution is 6.04. The minimum atomic E-state index is -0.237. The molecule has 1 atom stereocenters. The van der Waals surface area contributed by atoms with E-state index in [1.54, 1.807) is 25.1 Å². The predicted molar refractivity (Wildman–Crippen MR) is 157 cm³/mol. The van der Waals surface area contributed by atoms with E-state index in [-0.39, 0.29) is 17.9 Å². The molecule has 4 rings (SSSR count). The van der Waals surface area contributed by atoms with Crippen LogP contribution in [0.15, 0.2) is 91.1 Å². The first-order valence-electron chi connectivity index (χ1n) is 13.5. The van der Waals surface area contributed by atoms with Crippen molar-refractivity contribution >= 4 is 34.0 Å². The Morgan fingerprint density at radius 1 is 0.974 bits per heavy atom. The van der Waals surface area contributed by atoms with Crippen LogP contribution in [0.4, 0.5) is 5.69 Å². The second-order valence-electron chi connectivity index (χ2n) is 9.40. The first-order chi connectivity index (χ1) is 19.0. The van der Waals surface area contributed by atoms with Crippen LogP contribution < -0.4 is 10.1 Å². The average molecular weight is 525 g/mol. The van der Waals surface area contributed by atoms with Crippen molar-refractivity contribution in [2.24, 2.45) is 0 Å². The van der Waals surface area contributed by atoms with E-state index in [1.807, 2.05) is 25.1 Å². The Bertz CT molecular complexity index is 1440. The molecule has 0 saturated heterocycles. The van der Waals surface area contributed by atoms with Crippen LogP contribution in [0, 0.1) is 0 Å². The van der Waals surface area contributed by atoms with E-state index in [9.17, 15) is 9.59 Å². The number of carbonyl (C=O) groups is 2. The first-order valence-corrected chi connectivity index (χ1v) is 13.5. The Morgan fingerprint density at radius 2 is 1.74 bits per heavy atom. The fraction of sp³-hybridized carbons (Fsp3) is 0.273. The number of amides is 1. The zero-order chi connectivity index (χ0) is 27.6. The second-order valence-corrected chi connectivity index (χ2v) is 9.40. The zero-order valence-corrected chi connectivity index (χ0v) is 22.9. The van der Waals surface area contributed by atoms with Crippen LogP contribution in [0.25, 0.3) is 16.5 Å². The molecule has 0 aliphatic rings. The zero-order valence-electron chi connectivity index (χ0n) is 22.9. The Kier molecular flexibility index (Phi) is 9.57. The molecule has 6 nitrogen and oxygen atoms in total. The molecule has 0 aliphatic heterocycles. The van der Waals surface area contributed by atoms with Gasteiger partial charge in [0.2, 0.25) is 5.91 Å². The van der Waals surface area contributed by atoms with Crippen molar-refractivity contribution in [3.63, 3.8) is 0 Å². The molecule has 0 bridgehead atoms. The van der Waals surface area contributed by atoms with Gasteiger partial charge in [0.1, 0.15) is 5.75 Å². The lowest BCUT2D eigenvalue weighted by Crippen LogP contribution is -2.11. The maximum atomic E-state index is 12.9. The summed E-state index contributed by atoms with van der Waals surface area (Å²) in [7, 11) is 0. The van der Waals surface area contributed by atoms with E-state index in [0.717, 1.165) is 22.9 Å². The van der Waals surface area contributed by atoms with Crippen molar-refractivity contribution in [2.75, 3.05) is 18.5 Å². The molecule has 0 spiro atoms. The van der Waals surface area contributed by atoms with Crippen molar-refractivity contribution < 1.29 is 19.1 Å². The predicted octanol–water partition coefficient (Wildman–Crippen LogP) is 7.40. The SMILES string of the molecule is CCOC(=O)CCCOc1ccccc1NC(=O)/C=C(\C)c1ccc2c(ccn2C(CC)c2ccccc2)c1. The number of benzene rings is 3. The summed E-state index contributed by atoms with van der Waals surface area (Å²) in [5.74, 6) is 0.0923. The minimum absolute atomic E-state index is 0.233. The lowest BCUT2D eigenvalue weighted by molar-refractivity contribution is -0.143. The van der Waals surface area contributed by atoms with Crippen LogP contribution in [0.2, 0.25) is 0 Å². The van der Waals surface area contributed by atoms with Gasteiger partial charge in [-0.05, 0) is 73.7 Å². The number of fused-ring (bicyclic) bond motifs is 1. The number of anilines is 1. The van der Waals surface area contributed by atoms with Gasteiger partial charge in [-0.15, -0.1) is 0 Å². The summed E-state index contributed by atoms with van der Waals surface area (Å²) in [6, 6.07) is 26.6. The van der Waals surface area contributed by atoms with Crippen LogP contribution in [-0.2, 0) is 14.3 Å². The molecule has 0 saturated carbocycles. The summed E-state index contributed by atoms with van der Waals surface area (Å²) >= 11 is 0. The number of para-hydroxylation sites is 2. The van der Waals surface area contributed by atoms with E-state index in [1.165, 1.54) is 11.1 Å². The van der Waals surface area contributed by atoms with Gasteiger partial charge < -0.3 is 19.4 Å². The van der Waals surface area contributed by atoms with E-state index in [4.69, 9.17) is 9.47 Å². The highest BCUT2D eigenvalue weighted by Crippen LogP contribution is 2.30. The fourth-order valence-corrected chi connectivity index (χ4v) is 4.73.